The molecule has 0 bridgehead atoms. The number of hydrogen-bond acceptors (Lipinski definition) is 4. The summed E-state index contributed by atoms with van der Waals surface area (Å²) in [5.74, 6) is -1.12. The van der Waals surface area contributed by atoms with E-state index in [0.29, 0.717) is 10.2 Å². The molecule has 3 rings (SSSR count). The first-order valence-electron chi connectivity index (χ1n) is 7.32. The van der Waals surface area contributed by atoms with Crippen molar-refractivity contribution in [2.24, 2.45) is 0 Å². The summed E-state index contributed by atoms with van der Waals surface area (Å²) in [5.41, 5.74) is 1.69. The quantitative estimate of drug-likeness (QED) is 0.396. The molecule has 1 aromatic carbocycles. The van der Waals surface area contributed by atoms with Crippen molar-refractivity contribution in [3.05, 3.63) is 47.2 Å². The fourth-order valence-corrected chi connectivity index (χ4v) is 5.13. The Morgan fingerprint density at radius 2 is 2.04 bits per heavy atom. The molecule has 2 heterocycles. The molecular formula is C16H15IN2O4S. The summed E-state index contributed by atoms with van der Waals surface area (Å²) in [7, 11) is 0. The minimum atomic E-state index is -1.09. The van der Waals surface area contributed by atoms with Gasteiger partial charge in [-0.15, -0.1) is 11.8 Å². The maximum absolute atomic E-state index is 12.4. The van der Waals surface area contributed by atoms with Gasteiger partial charge in [0.05, 0.1) is 6.42 Å². The third kappa shape index (κ3) is 3.16. The molecule has 2 aliphatic rings. The Bertz CT molecular complexity index is 722. The molecule has 8 heteroatoms. The number of halogens is 1. The number of carbonyl (C=O) groups excluding carboxylic acids is 2. The van der Waals surface area contributed by atoms with Crippen molar-refractivity contribution in [3.8, 4) is 0 Å². The van der Waals surface area contributed by atoms with Gasteiger partial charge < -0.3 is 10.4 Å². The maximum atomic E-state index is 12.4. The van der Waals surface area contributed by atoms with Crippen LogP contribution in [-0.2, 0) is 20.8 Å². The molecule has 2 aliphatic heterocycles. The zero-order valence-corrected chi connectivity index (χ0v) is 15.5. The molecule has 1 saturated heterocycles. The number of thioether (sulfide) groups is 1. The molecule has 1 fully saturated rings. The van der Waals surface area contributed by atoms with Gasteiger partial charge in [0, 0.05) is 10.2 Å². The number of benzene rings is 1. The number of nitrogens with zero attached hydrogens (tertiary/aromatic N) is 1. The lowest BCUT2D eigenvalue weighted by atomic mass is 10.0. The lowest BCUT2D eigenvalue weighted by Gasteiger charge is -2.49. The average molecular weight is 458 g/mol. The molecule has 2 amide bonds. The summed E-state index contributed by atoms with van der Waals surface area (Å²) in [5, 5.41) is 11.8. The summed E-state index contributed by atoms with van der Waals surface area (Å²) in [6.45, 7) is 0. The van der Waals surface area contributed by atoms with Gasteiger partial charge in [-0.05, 0) is 11.1 Å². The smallest absolute Gasteiger partial charge is 0.352 e. The van der Waals surface area contributed by atoms with Gasteiger partial charge in [0.2, 0.25) is 5.91 Å². The Balaban J connectivity index is 1.69. The number of fused-ring (bicyclic) bond motifs is 1. The van der Waals surface area contributed by atoms with Crippen molar-refractivity contribution in [1.29, 1.82) is 0 Å². The van der Waals surface area contributed by atoms with Gasteiger partial charge in [-0.2, -0.15) is 0 Å². The predicted octanol–water partition coefficient (Wildman–Crippen LogP) is 1.40. The van der Waals surface area contributed by atoms with Gasteiger partial charge in [-0.25, -0.2) is 4.79 Å². The number of carboxylic acid groups (broad SMARTS) is 1. The number of aliphatic carboxylic acids is 1. The number of nitrogens with one attached hydrogen (secondary N) is 1. The number of hydrogen-bond donors (Lipinski definition) is 2. The van der Waals surface area contributed by atoms with E-state index in [9.17, 15) is 19.5 Å². The van der Waals surface area contributed by atoms with E-state index in [1.165, 1.54) is 16.7 Å². The van der Waals surface area contributed by atoms with Gasteiger partial charge in [-0.1, -0.05) is 52.9 Å². The Kier molecular flexibility index (Phi) is 5.14. The van der Waals surface area contributed by atoms with Gasteiger partial charge in [0.15, 0.2) is 0 Å². The molecule has 126 valence electrons. The third-order valence-electron chi connectivity index (χ3n) is 3.94. The summed E-state index contributed by atoms with van der Waals surface area (Å²) in [6, 6.07) is 8.62. The normalized spacial score (nSPS) is 22.7. The van der Waals surface area contributed by atoms with Crippen LogP contribution in [0.25, 0.3) is 0 Å². The first-order valence-corrected chi connectivity index (χ1v) is 9.89. The van der Waals surface area contributed by atoms with E-state index in [1.54, 1.807) is 0 Å². The Morgan fingerprint density at radius 3 is 2.67 bits per heavy atom. The Morgan fingerprint density at radius 1 is 1.33 bits per heavy atom. The molecule has 24 heavy (non-hydrogen) atoms. The minimum Gasteiger partial charge on any atom is -0.477 e. The van der Waals surface area contributed by atoms with Crippen molar-refractivity contribution in [2.75, 3.05) is 10.2 Å². The topological polar surface area (TPSA) is 86.7 Å². The number of carboxylic acids is 1. The second-order valence-corrected chi connectivity index (χ2v) is 7.38. The van der Waals surface area contributed by atoms with E-state index in [-0.39, 0.29) is 29.3 Å². The molecular weight excluding hydrogens is 443 g/mol. The predicted molar refractivity (Wildman–Crippen MR) is 98.7 cm³/mol. The fourth-order valence-electron chi connectivity index (χ4n) is 2.79. The lowest BCUT2D eigenvalue weighted by Crippen LogP contribution is -2.70. The number of β-lactam (4-membered cyclic amide) rings is 1. The summed E-state index contributed by atoms with van der Waals surface area (Å²) in [6.07, 6.45) is 0.197. The fraction of sp³-hybridized carbons (Fsp3) is 0.312. The van der Waals surface area contributed by atoms with Crippen LogP contribution in [0.1, 0.15) is 5.56 Å². The van der Waals surface area contributed by atoms with E-state index in [4.69, 9.17) is 0 Å². The third-order valence-corrected chi connectivity index (χ3v) is 6.20. The first-order chi connectivity index (χ1) is 11.5. The molecule has 6 nitrogen and oxygen atoms in total. The van der Waals surface area contributed by atoms with E-state index in [2.05, 4.69) is 27.9 Å². The zero-order valence-electron chi connectivity index (χ0n) is 12.6. The van der Waals surface area contributed by atoms with Crippen molar-refractivity contribution < 1.29 is 19.5 Å². The number of amides is 2. The zero-order chi connectivity index (χ0) is 17.3. The van der Waals surface area contributed by atoms with Crippen LogP contribution in [0.4, 0.5) is 0 Å². The maximum Gasteiger partial charge on any atom is 0.352 e. The molecule has 0 aliphatic carbocycles. The van der Waals surface area contributed by atoms with Crippen LogP contribution in [0.2, 0.25) is 0 Å². The molecule has 0 aromatic heterocycles. The van der Waals surface area contributed by atoms with Gasteiger partial charge >= 0.3 is 5.97 Å². The van der Waals surface area contributed by atoms with Crippen molar-refractivity contribution in [1.82, 2.24) is 10.2 Å². The van der Waals surface area contributed by atoms with Crippen LogP contribution in [-0.4, -0.2) is 49.4 Å². The standard InChI is InChI=1S/C16H15IN2O4S/c17-7-10-8-24-15-12(14(21)19(15)13(10)16(22)23)18-11(20)6-9-4-2-1-3-5-9/h1-5,12,15H,6-8H2,(H,18,20)(H,22,23)/t12-,15-/m1/s1. The second kappa shape index (κ2) is 7.14. The molecule has 2 atom stereocenters. The Labute approximate surface area is 156 Å². The van der Waals surface area contributed by atoms with Crippen molar-refractivity contribution >= 4 is 52.1 Å². The minimum absolute atomic E-state index is 0.0757. The van der Waals surface area contributed by atoms with E-state index in [0.717, 1.165) is 11.1 Å². The number of carbonyl (C=O) groups is 3. The highest BCUT2D eigenvalue weighted by molar-refractivity contribution is 14.1. The summed E-state index contributed by atoms with van der Waals surface area (Å²) >= 11 is 3.59. The van der Waals surface area contributed by atoms with Crippen LogP contribution >= 0.6 is 34.4 Å². The highest BCUT2D eigenvalue weighted by atomic mass is 127. The number of rotatable bonds is 5. The van der Waals surface area contributed by atoms with Crippen LogP contribution < -0.4 is 5.32 Å². The average Bonchev–Trinajstić information content (AvgIpc) is 2.58. The van der Waals surface area contributed by atoms with Gasteiger partial charge in [0.1, 0.15) is 17.1 Å². The van der Waals surface area contributed by atoms with Crippen LogP contribution in [0, 0.1) is 0 Å². The molecule has 0 unspecified atom stereocenters. The van der Waals surface area contributed by atoms with E-state index < -0.39 is 12.0 Å². The van der Waals surface area contributed by atoms with Crippen molar-refractivity contribution in [2.45, 2.75) is 17.8 Å². The monoisotopic (exact) mass is 458 g/mol. The van der Waals surface area contributed by atoms with Crippen LogP contribution in [0.3, 0.4) is 0 Å². The molecule has 2 N–H and O–H groups in total. The lowest BCUT2D eigenvalue weighted by molar-refractivity contribution is -0.150. The Hall–Kier alpha value is -1.55. The molecule has 0 radical (unpaired) electrons. The highest BCUT2D eigenvalue weighted by Gasteiger charge is 2.53. The molecule has 1 aromatic rings. The molecule has 0 saturated carbocycles. The largest absolute Gasteiger partial charge is 0.477 e. The second-order valence-electron chi connectivity index (χ2n) is 5.51. The molecule has 0 spiro atoms. The van der Waals surface area contributed by atoms with Gasteiger partial charge in [0.25, 0.3) is 5.91 Å². The van der Waals surface area contributed by atoms with Crippen LogP contribution in [0.15, 0.2) is 41.6 Å². The summed E-state index contributed by atoms with van der Waals surface area (Å²) in [4.78, 5) is 37.3. The number of alkyl halides is 1. The van der Waals surface area contributed by atoms with E-state index >= 15 is 0 Å². The van der Waals surface area contributed by atoms with E-state index in [1.807, 2.05) is 30.3 Å². The highest BCUT2D eigenvalue weighted by Crippen LogP contribution is 2.40. The first kappa shape index (κ1) is 17.3. The van der Waals surface area contributed by atoms with Gasteiger partial charge in [-0.3, -0.25) is 14.5 Å². The van der Waals surface area contributed by atoms with Crippen LogP contribution in [0.5, 0.6) is 0 Å². The van der Waals surface area contributed by atoms with Crippen molar-refractivity contribution in [3.63, 3.8) is 0 Å². The SMILES string of the molecule is O=C(Cc1ccccc1)N[C@@H]1C(=O)N2C(C(=O)O)=C(CI)CS[C@H]12. The summed E-state index contributed by atoms with van der Waals surface area (Å²) < 4.78 is 0.563.